The molecule has 20 heavy (non-hydrogen) atoms. The molecule has 0 spiro atoms. The predicted octanol–water partition coefficient (Wildman–Crippen LogP) is 1.84. The number of aryl methyl sites for hydroxylation is 1. The van der Waals surface area contributed by atoms with E-state index in [4.69, 9.17) is 0 Å². The van der Waals surface area contributed by atoms with Crippen LogP contribution in [0.15, 0.2) is 12.3 Å². The number of hydrogen-bond acceptors (Lipinski definition) is 4. The van der Waals surface area contributed by atoms with Gasteiger partial charge in [-0.3, -0.25) is 4.79 Å². The van der Waals surface area contributed by atoms with E-state index >= 15 is 0 Å². The molecular formula is C14H19N5O. The van der Waals surface area contributed by atoms with Crippen molar-refractivity contribution in [3.8, 4) is 0 Å². The zero-order valence-corrected chi connectivity index (χ0v) is 11.9. The molecule has 2 aromatic heterocycles. The molecule has 1 fully saturated rings. The zero-order valence-electron chi connectivity index (χ0n) is 11.9. The van der Waals surface area contributed by atoms with E-state index in [1.165, 1.54) is 12.8 Å². The summed E-state index contributed by atoms with van der Waals surface area (Å²) in [7, 11) is 0. The van der Waals surface area contributed by atoms with Crippen molar-refractivity contribution in [1.82, 2.24) is 24.5 Å². The minimum absolute atomic E-state index is 0.0794. The quantitative estimate of drug-likeness (QED) is 0.856. The lowest BCUT2D eigenvalue weighted by atomic mass is 10.2. The summed E-state index contributed by atoms with van der Waals surface area (Å²) >= 11 is 0. The van der Waals surface area contributed by atoms with Gasteiger partial charge in [0.2, 0.25) is 5.82 Å². The summed E-state index contributed by atoms with van der Waals surface area (Å²) in [6.45, 7) is 4.63. The van der Waals surface area contributed by atoms with Gasteiger partial charge in [-0.1, -0.05) is 12.8 Å². The molecule has 0 saturated heterocycles. The second-order valence-electron chi connectivity index (χ2n) is 5.26. The number of rotatable bonds is 3. The van der Waals surface area contributed by atoms with Gasteiger partial charge in [-0.15, -0.1) is 5.10 Å². The van der Waals surface area contributed by atoms with Crippen LogP contribution < -0.4 is 0 Å². The molecule has 6 heteroatoms. The average Bonchev–Trinajstić information content (AvgIpc) is 3.08. The molecule has 0 radical (unpaired) electrons. The van der Waals surface area contributed by atoms with Crippen molar-refractivity contribution in [3.63, 3.8) is 0 Å². The van der Waals surface area contributed by atoms with E-state index in [0.29, 0.717) is 18.4 Å². The lowest BCUT2D eigenvalue weighted by Crippen LogP contribution is -2.39. The van der Waals surface area contributed by atoms with Crippen LogP contribution in [0, 0.1) is 6.92 Å². The molecule has 2 heterocycles. The minimum atomic E-state index is -0.0794. The molecule has 1 aliphatic rings. The lowest BCUT2D eigenvalue weighted by molar-refractivity contribution is 0.0681. The number of aromatic nitrogens is 4. The normalized spacial score (nSPS) is 15.9. The summed E-state index contributed by atoms with van der Waals surface area (Å²) in [4.78, 5) is 22.9. The second kappa shape index (κ2) is 5.19. The highest BCUT2D eigenvalue weighted by atomic mass is 16.2. The predicted molar refractivity (Wildman–Crippen MR) is 74.5 cm³/mol. The molecule has 1 amide bonds. The first-order valence-corrected chi connectivity index (χ1v) is 7.20. The van der Waals surface area contributed by atoms with E-state index in [1.807, 2.05) is 24.8 Å². The second-order valence-corrected chi connectivity index (χ2v) is 5.26. The van der Waals surface area contributed by atoms with Crippen molar-refractivity contribution in [2.45, 2.75) is 45.6 Å². The molecule has 106 valence electrons. The van der Waals surface area contributed by atoms with Gasteiger partial charge in [0, 0.05) is 24.5 Å². The SMILES string of the molecule is CCN(C(=O)c1nc2nccc(C)n2n1)C1CCCC1. The molecule has 3 rings (SSSR count). The third-order valence-electron chi connectivity index (χ3n) is 3.99. The number of carbonyl (C=O) groups is 1. The molecule has 0 unspecified atom stereocenters. The fourth-order valence-corrected chi connectivity index (χ4v) is 2.91. The van der Waals surface area contributed by atoms with Crippen molar-refractivity contribution in [2.75, 3.05) is 6.54 Å². The Morgan fingerprint density at radius 3 is 2.85 bits per heavy atom. The van der Waals surface area contributed by atoms with Gasteiger partial charge in [-0.05, 0) is 32.8 Å². The summed E-state index contributed by atoms with van der Waals surface area (Å²) in [6, 6.07) is 2.19. The van der Waals surface area contributed by atoms with E-state index < -0.39 is 0 Å². The maximum Gasteiger partial charge on any atom is 0.293 e. The first-order chi connectivity index (χ1) is 9.70. The van der Waals surface area contributed by atoms with Crippen LogP contribution >= 0.6 is 0 Å². The first-order valence-electron chi connectivity index (χ1n) is 7.20. The largest absolute Gasteiger partial charge is 0.333 e. The van der Waals surface area contributed by atoms with Gasteiger partial charge in [0.25, 0.3) is 11.7 Å². The number of carbonyl (C=O) groups excluding carboxylic acids is 1. The Morgan fingerprint density at radius 2 is 2.20 bits per heavy atom. The van der Waals surface area contributed by atoms with Crippen LogP contribution in [0.3, 0.4) is 0 Å². The monoisotopic (exact) mass is 273 g/mol. The molecule has 0 N–H and O–H groups in total. The maximum atomic E-state index is 12.6. The van der Waals surface area contributed by atoms with Crippen LogP contribution in [0.1, 0.15) is 48.9 Å². The Labute approximate surface area is 117 Å². The Bertz CT molecular complexity index is 630. The van der Waals surface area contributed by atoms with Gasteiger partial charge in [-0.25, -0.2) is 9.50 Å². The molecule has 0 bridgehead atoms. The number of nitrogens with zero attached hydrogens (tertiary/aromatic N) is 5. The van der Waals surface area contributed by atoms with Crippen LogP contribution in [-0.4, -0.2) is 43.0 Å². The fourth-order valence-electron chi connectivity index (χ4n) is 2.91. The molecule has 2 aromatic rings. The summed E-state index contributed by atoms with van der Waals surface area (Å²) in [5.41, 5.74) is 0.922. The standard InChI is InChI=1S/C14H19N5O/c1-3-18(11-6-4-5-7-11)13(20)12-16-14-15-9-8-10(2)19(14)17-12/h8-9,11H,3-7H2,1-2H3. The minimum Gasteiger partial charge on any atom is -0.333 e. The third kappa shape index (κ3) is 2.15. The van der Waals surface area contributed by atoms with Gasteiger partial charge in [0.05, 0.1) is 0 Å². The van der Waals surface area contributed by atoms with Crippen molar-refractivity contribution >= 4 is 11.7 Å². The van der Waals surface area contributed by atoms with Gasteiger partial charge >= 0.3 is 0 Å². The smallest absolute Gasteiger partial charge is 0.293 e. The zero-order chi connectivity index (χ0) is 14.1. The molecule has 0 aliphatic heterocycles. The molecule has 6 nitrogen and oxygen atoms in total. The van der Waals surface area contributed by atoms with E-state index in [2.05, 4.69) is 15.1 Å². The molecule has 0 atom stereocenters. The van der Waals surface area contributed by atoms with Crippen LogP contribution in [0.25, 0.3) is 5.78 Å². The summed E-state index contributed by atoms with van der Waals surface area (Å²) in [5, 5.41) is 4.30. The molecule has 1 aliphatic carbocycles. The van der Waals surface area contributed by atoms with Gasteiger partial charge in [0.1, 0.15) is 0 Å². The Balaban J connectivity index is 1.92. The Kier molecular flexibility index (Phi) is 3.38. The highest BCUT2D eigenvalue weighted by molar-refractivity contribution is 5.91. The van der Waals surface area contributed by atoms with Crippen LogP contribution in [0.5, 0.6) is 0 Å². The van der Waals surface area contributed by atoms with Crippen LogP contribution in [-0.2, 0) is 0 Å². The first kappa shape index (κ1) is 13.0. The van der Waals surface area contributed by atoms with E-state index in [-0.39, 0.29) is 11.7 Å². The van der Waals surface area contributed by atoms with E-state index in [9.17, 15) is 4.79 Å². The molecular weight excluding hydrogens is 254 g/mol. The molecule has 1 saturated carbocycles. The number of amides is 1. The van der Waals surface area contributed by atoms with Crippen LogP contribution in [0.2, 0.25) is 0 Å². The van der Waals surface area contributed by atoms with E-state index in [1.54, 1.807) is 10.7 Å². The average molecular weight is 273 g/mol. The van der Waals surface area contributed by atoms with E-state index in [0.717, 1.165) is 18.5 Å². The summed E-state index contributed by atoms with van der Waals surface area (Å²) in [5.74, 6) is 0.653. The highest BCUT2D eigenvalue weighted by Crippen LogP contribution is 2.24. The molecule has 0 aromatic carbocycles. The van der Waals surface area contributed by atoms with Crippen molar-refractivity contribution in [1.29, 1.82) is 0 Å². The summed E-state index contributed by atoms with van der Waals surface area (Å²) < 4.78 is 1.62. The van der Waals surface area contributed by atoms with Crippen molar-refractivity contribution in [2.24, 2.45) is 0 Å². The maximum absolute atomic E-state index is 12.6. The fraction of sp³-hybridized carbons (Fsp3) is 0.571. The Hall–Kier alpha value is -1.98. The topological polar surface area (TPSA) is 63.4 Å². The van der Waals surface area contributed by atoms with Gasteiger partial charge in [0.15, 0.2) is 0 Å². The van der Waals surface area contributed by atoms with Crippen molar-refractivity contribution < 1.29 is 4.79 Å². The lowest BCUT2D eigenvalue weighted by Gasteiger charge is -2.26. The van der Waals surface area contributed by atoms with Crippen LogP contribution in [0.4, 0.5) is 0 Å². The number of hydrogen-bond donors (Lipinski definition) is 0. The highest BCUT2D eigenvalue weighted by Gasteiger charge is 2.28. The van der Waals surface area contributed by atoms with Gasteiger partial charge in [-0.2, -0.15) is 4.98 Å². The van der Waals surface area contributed by atoms with Gasteiger partial charge < -0.3 is 4.90 Å². The third-order valence-corrected chi connectivity index (χ3v) is 3.99. The number of fused-ring (bicyclic) bond motifs is 1. The summed E-state index contributed by atoms with van der Waals surface area (Å²) in [6.07, 6.45) is 6.26. The Morgan fingerprint density at radius 1 is 1.45 bits per heavy atom. The van der Waals surface area contributed by atoms with Crippen molar-refractivity contribution in [3.05, 3.63) is 23.8 Å².